The van der Waals surface area contributed by atoms with Crippen molar-refractivity contribution in [2.75, 3.05) is 0 Å². The quantitative estimate of drug-likeness (QED) is 0.809. The minimum absolute atomic E-state index is 0.0514. The molecule has 118 valence electrons. The summed E-state index contributed by atoms with van der Waals surface area (Å²) in [7, 11) is 0. The van der Waals surface area contributed by atoms with Crippen LogP contribution >= 0.6 is 0 Å². The number of carbonyl (C=O) groups is 4. The Labute approximate surface area is 127 Å². The van der Waals surface area contributed by atoms with E-state index in [4.69, 9.17) is 0 Å². The predicted octanol–water partition coefficient (Wildman–Crippen LogP) is 2.90. The Kier molecular flexibility index (Phi) is 4.86. The van der Waals surface area contributed by atoms with Crippen molar-refractivity contribution in [1.29, 1.82) is 0 Å². The molecule has 0 saturated heterocycles. The number of hydrogen-bond donors (Lipinski definition) is 2. The van der Waals surface area contributed by atoms with Crippen LogP contribution in [0.4, 0.5) is 0 Å². The molecule has 2 N–H and O–H groups in total. The molecule has 1 aromatic rings. The fraction of sp³-hybridized carbons (Fsp3) is 0.375. The molecule has 6 nitrogen and oxygen atoms in total. The van der Waals surface area contributed by atoms with E-state index in [1.807, 2.05) is 0 Å². The highest BCUT2D eigenvalue weighted by molar-refractivity contribution is 6.13. The number of carbonyl (C=O) groups excluding carboxylic acids is 2. The molecule has 0 unspecified atom stereocenters. The summed E-state index contributed by atoms with van der Waals surface area (Å²) in [6, 6.07) is 1.97. The molecule has 0 aliphatic carbocycles. The number of aromatic carboxylic acids is 2. The molecular weight excluding hydrogens is 288 g/mol. The van der Waals surface area contributed by atoms with Gasteiger partial charge < -0.3 is 10.2 Å². The van der Waals surface area contributed by atoms with Gasteiger partial charge >= 0.3 is 11.9 Å². The number of ketones is 2. The van der Waals surface area contributed by atoms with E-state index < -0.39 is 40.0 Å². The van der Waals surface area contributed by atoms with Gasteiger partial charge in [0.25, 0.3) is 0 Å². The Hall–Kier alpha value is -2.50. The molecular formula is C16H18O6. The van der Waals surface area contributed by atoms with Crippen molar-refractivity contribution >= 4 is 23.5 Å². The van der Waals surface area contributed by atoms with Crippen LogP contribution in [-0.4, -0.2) is 33.7 Å². The van der Waals surface area contributed by atoms with Crippen LogP contribution in [0, 0.1) is 5.41 Å². The van der Waals surface area contributed by atoms with E-state index in [9.17, 15) is 29.4 Å². The second-order valence-electron chi connectivity index (χ2n) is 5.91. The summed E-state index contributed by atoms with van der Waals surface area (Å²) in [6.07, 6.45) is 0.0514. The molecule has 0 spiro atoms. The molecule has 22 heavy (non-hydrogen) atoms. The predicted molar refractivity (Wildman–Crippen MR) is 78.8 cm³/mol. The Morgan fingerprint density at radius 3 is 1.64 bits per heavy atom. The SMILES string of the molecule is CCC(=O)c1cc(C(=O)C(C)(C)C)c(C(=O)O)cc1C(=O)O. The summed E-state index contributed by atoms with van der Waals surface area (Å²) < 4.78 is 0. The monoisotopic (exact) mass is 306 g/mol. The average molecular weight is 306 g/mol. The van der Waals surface area contributed by atoms with Gasteiger partial charge in [-0.1, -0.05) is 27.7 Å². The van der Waals surface area contributed by atoms with E-state index in [2.05, 4.69) is 0 Å². The van der Waals surface area contributed by atoms with Gasteiger partial charge in [0.1, 0.15) is 0 Å². The Bertz CT molecular complexity index is 664. The van der Waals surface area contributed by atoms with Crippen molar-refractivity contribution in [2.45, 2.75) is 34.1 Å². The van der Waals surface area contributed by atoms with Gasteiger partial charge in [-0.15, -0.1) is 0 Å². The van der Waals surface area contributed by atoms with Gasteiger partial charge in [0.15, 0.2) is 11.6 Å². The summed E-state index contributed by atoms with van der Waals surface area (Å²) >= 11 is 0. The molecule has 0 amide bonds. The Balaban J connectivity index is 3.76. The van der Waals surface area contributed by atoms with Crippen molar-refractivity contribution in [3.63, 3.8) is 0 Å². The molecule has 6 heteroatoms. The van der Waals surface area contributed by atoms with Crippen molar-refractivity contribution in [3.05, 3.63) is 34.4 Å². The van der Waals surface area contributed by atoms with E-state index in [1.165, 1.54) is 0 Å². The smallest absolute Gasteiger partial charge is 0.336 e. The van der Waals surface area contributed by atoms with Gasteiger partial charge in [0, 0.05) is 23.0 Å². The van der Waals surface area contributed by atoms with Crippen molar-refractivity contribution in [3.8, 4) is 0 Å². The minimum atomic E-state index is -1.41. The van der Waals surface area contributed by atoms with Gasteiger partial charge in [0.05, 0.1) is 11.1 Å². The molecule has 0 fully saturated rings. The van der Waals surface area contributed by atoms with Gasteiger partial charge in [-0.25, -0.2) is 9.59 Å². The second-order valence-corrected chi connectivity index (χ2v) is 5.91. The lowest BCUT2D eigenvalue weighted by atomic mass is 9.82. The molecule has 0 bridgehead atoms. The van der Waals surface area contributed by atoms with Crippen molar-refractivity contribution in [1.82, 2.24) is 0 Å². The topological polar surface area (TPSA) is 109 Å². The molecule has 0 radical (unpaired) electrons. The number of carboxylic acid groups (broad SMARTS) is 2. The molecule has 0 atom stereocenters. The van der Waals surface area contributed by atoms with E-state index in [0.717, 1.165) is 12.1 Å². The molecule has 1 rings (SSSR count). The number of rotatable bonds is 5. The Morgan fingerprint density at radius 1 is 0.864 bits per heavy atom. The molecule has 1 aromatic carbocycles. The highest BCUT2D eigenvalue weighted by atomic mass is 16.4. The van der Waals surface area contributed by atoms with E-state index >= 15 is 0 Å². The fourth-order valence-electron chi connectivity index (χ4n) is 1.97. The van der Waals surface area contributed by atoms with Gasteiger partial charge in [-0.3, -0.25) is 9.59 Å². The van der Waals surface area contributed by atoms with Crippen molar-refractivity contribution in [2.24, 2.45) is 5.41 Å². The zero-order chi connectivity index (χ0) is 17.2. The van der Waals surface area contributed by atoms with E-state index in [-0.39, 0.29) is 17.5 Å². The minimum Gasteiger partial charge on any atom is -0.478 e. The third-order valence-electron chi connectivity index (χ3n) is 3.17. The number of Topliss-reactive ketones (excluding diaryl/α,β-unsaturated/α-hetero) is 2. The van der Waals surface area contributed by atoms with Crippen LogP contribution < -0.4 is 0 Å². The third-order valence-corrected chi connectivity index (χ3v) is 3.17. The van der Waals surface area contributed by atoms with Crippen LogP contribution in [0.25, 0.3) is 0 Å². The van der Waals surface area contributed by atoms with Gasteiger partial charge in [-0.05, 0) is 12.1 Å². The van der Waals surface area contributed by atoms with Crippen LogP contribution in [0.2, 0.25) is 0 Å². The maximum absolute atomic E-state index is 12.4. The van der Waals surface area contributed by atoms with Crippen LogP contribution in [0.15, 0.2) is 12.1 Å². The van der Waals surface area contributed by atoms with Crippen LogP contribution in [0.1, 0.15) is 75.5 Å². The summed E-state index contributed by atoms with van der Waals surface area (Å²) in [5, 5.41) is 18.4. The summed E-state index contributed by atoms with van der Waals surface area (Å²) in [5.41, 5.74) is -1.98. The largest absolute Gasteiger partial charge is 0.478 e. The zero-order valence-electron chi connectivity index (χ0n) is 12.9. The highest BCUT2D eigenvalue weighted by Gasteiger charge is 2.30. The summed E-state index contributed by atoms with van der Waals surface area (Å²) in [6.45, 7) is 6.42. The Morgan fingerprint density at radius 2 is 1.27 bits per heavy atom. The van der Waals surface area contributed by atoms with Crippen LogP contribution in [-0.2, 0) is 0 Å². The summed E-state index contributed by atoms with van der Waals surface area (Å²) in [5.74, 6) is -3.75. The van der Waals surface area contributed by atoms with Crippen molar-refractivity contribution < 1.29 is 29.4 Å². The molecule has 0 aliphatic rings. The second kappa shape index (κ2) is 6.09. The van der Waals surface area contributed by atoms with Crippen LogP contribution in [0.5, 0.6) is 0 Å². The first-order valence-corrected chi connectivity index (χ1v) is 6.73. The summed E-state index contributed by atoms with van der Waals surface area (Å²) in [4.78, 5) is 46.9. The first kappa shape index (κ1) is 17.6. The number of benzene rings is 1. The van der Waals surface area contributed by atoms with Crippen LogP contribution in [0.3, 0.4) is 0 Å². The lowest BCUT2D eigenvalue weighted by molar-refractivity contribution is 0.0685. The zero-order valence-corrected chi connectivity index (χ0v) is 12.9. The van der Waals surface area contributed by atoms with E-state index in [1.54, 1.807) is 27.7 Å². The number of carboxylic acids is 2. The third kappa shape index (κ3) is 3.39. The van der Waals surface area contributed by atoms with Gasteiger partial charge in [-0.2, -0.15) is 0 Å². The number of hydrogen-bond acceptors (Lipinski definition) is 4. The first-order chi connectivity index (χ1) is 10.0. The lowest BCUT2D eigenvalue weighted by Gasteiger charge is -2.19. The van der Waals surface area contributed by atoms with E-state index in [0.29, 0.717) is 0 Å². The molecule has 0 saturated carbocycles. The lowest BCUT2D eigenvalue weighted by Crippen LogP contribution is -2.24. The standard InChI is InChI=1S/C16H18O6/c1-5-12(17)8-6-9(13(18)16(2,3)4)11(15(21)22)7-10(8)14(19)20/h6-7H,5H2,1-4H3,(H,19,20)(H,21,22). The molecule has 0 aromatic heterocycles. The normalized spacial score (nSPS) is 11.1. The fourth-order valence-corrected chi connectivity index (χ4v) is 1.97. The average Bonchev–Trinajstić information content (AvgIpc) is 2.42. The maximum Gasteiger partial charge on any atom is 0.336 e. The molecule has 0 aliphatic heterocycles. The molecule has 0 heterocycles. The maximum atomic E-state index is 12.4. The first-order valence-electron chi connectivity index (χ1n) is 6.73. The van der Waals surface area contributed by atoms with Gasteiger partial charge in [0.2, 0.25) is 0 Å². The highest BCUT2D eigenvalue weighted by Crippen LogP contribution is 2.27.